The van der Waals surface area contributed by atoms with Crippen LogP contribution in [0.2, 0.25) is 0 Å². The molecular weight excluding hydrogens is 290 g/mol. The summed E-state index contributed by atoms with van der Waals surface area (Å²) in [5.74, 6) is 5.97. The first kappa shape index (κ1) is 15.0. The number of carbonyl (C=O) groups is 1. The third-order valence-corrected chi connectivity index (χ3v) is 3.17. The minimum absolute atomic E-state index is 0.0190. The Morgan fingerprint density at radius 2 is 2.38 bits per heavy atom. The van der Waals surface area contributed by atoms with Crippen molar-refractivity contribution in [3.63, 3.8) is 0 Å². The molecule has 0 radical (unpaired) electrons. The average molecular weight is 303 g/mol. The molecule has 2 N–H and O–H groups in total. The Kier molecular flexibility index (Phi) is 5.26. The maximum absolute atomic E-state index is 12.0. The molecule has 7 heteroatoms. The van der Waals surface area contributed by atoms with Crippen molar-refractivity contribution >= 4 is 23.1 Å². The van der Waals surface area contributed by atoms with Gasteiger partial charge in [-0.2, -0.15) is 0 Å². The van der Waals surface area contributed by atoms with Gasteiger partial charge in [-0.1, -0.05) is 16.3 Å². The number of aliphatic hydroxyl groups is 1. The summed E-state index contributed by atoms with van der Waals surface area (Å²) in [6, 6.07) is 5.23. The number of aromatic nitrogens is 2. The Morgan fingerprint density at radius 1 is 1.52 bits per heavy atom. The summed E-state index contributed by atoms with van der Waals surface area (Å²) in [4.78, 5) is 12.4. The number of benzene rings is 1. The predicted octanol–water partition coefficient (Wildman–Crippen LogP) is 1.53. The largest absolute Gasteiger partial charge is 0.495 e. The molecule has 0 aliphatic rings. The van der Waals surface area contributed by atoms with E-state index >= 15 is 0 Å². The van der Waals surface area contributed by atoms with Crippen LogP contribution in [0.3, 0.4) is 0 Å². The molecule has 2 rings (SSSR count). The molecule has 0 atom stereocenters. The fraction of sp³-hybridized carbons (Fsp3) is 0.214. The Morgan fingerprint density at radius 3 is 3.05 bits per heavy atom. The quantitative estimate of drug-likeness (QED) is 0.837. The highest BCUT2D eigenvalue weighted by atomic mass is 32.1. The number of rotatable bonds is 4. The van der Waals surface area contributed by atoms with Gasteiger partial charge in [0.1, 0.15) is 10.6 Å². The number of hydrogen-bond acceptors (Lipinski definition) is 6. The van der Waals surface area contributed by atoms with Gasteiger partial charge in [0.25, 0.3) is 5.91 Å². The zero-order chi connectivity index (χ0) is 15.1. The number of carbonyl (C=O) groups excluding carboxylic acids is 1. The van der Waals surface area contributed by atoms with Gasteiger partial charge in [-0.25, -0.2) is 0 Å². The molecule has 21 heavy (non-hydrogen) atoms. The van der Waals surface area contributed by atoms with E-state index in [1.54, 1.807) is 18.2 Å². The number of hydrogen-bond donors (Lipinski definition) is 2. The molecule has 0 saturated carbocycles. The summed E-state index contributed by atoms with van der Waals surface area (Å²) in [6.45, 7) is 0.0190. The topological polar surface area (TPSA) is 84.3 Å². The van der Waals surface area contributed by atoms with E-state index in [1.807, 2.05) is 0 Å². The highest BCUT2D eigenvalue weighted by molar-refractivity contribution is 7.07. The van der Waals surface area contributed by atoms with Crippen molar-refractivity contribution in [3.05, 3.63) is 34.8 Å². The number of methoxy groups -OCH3 is 1. The number of nitrogens with zero attached hydrogens (tertiary/aromatic N) is 2. The van der Waals surface area contributed by atoms with Crippen LogP contribution in [-0.4, -0.2) is 34.3 Å². The van der Waals surface area contributed by atoms with Gasteiger partial charge in [0.2, 0.25) is 0 Å². The smallest absolute Gasteiger partial charge is 0.269 e. The average Bonchev–Trinajstić information content (AvgIpc) is 3.02. The third kappa shape index (κ3) is 4.02. The number of anilines is 1. The van der Waals surface area contributed by atoms with Gasteiger partial charge >= 0.3 is 0 Å². The SMILES string of the molecule is COc1ccc(C#CCCO)cc1NC(=O)c1cnns1. The van der Waals surface area contributed by atoms with Crippen LogP contribution in [0.15, 0.2) is 24.4 Å². The minimum atomic E-state index is -0.302. The second kappa shape index (κ2) is 7.38. The van der Waals surface area contributed by atoms with Crippen molar-refractivity contribution in [2.45, 2.75) is 6.42 Å². The maximum atomic E-state index is 12.0. The van der Waals surface area contributed by atoms with Gasteiger partial charge in [-0.05, 0) is 29.7 Å². The van der Waals surface area contributed by atoms with Crippen LogP contribution < -0.4 is 10.1 Å². The first-order valence-electron chi connectivity index (χ1n) is 6.11. The lowest BCUT2D eigenvalue weighted by Gasteiger charge is -2.09. The molecule has 0 fully saturated rings. The standard InChI is InChI=1S/C14H13N3O3S/c1-20-12-6-5-10(4-2-3-7-18)8-11(12)16-14(19)13-9-15-17-21-13/h5-6,8-9,18H,3,7H2,1H3,(H,16,19). The molecule has 0 aliphatic carbocycles. The monoisotopic (exact) mass is 303 g/mol. The highest BCUT2D eigenvalue weighted by Gasteiger charge is 2.12. The Bertz CT molecular complexity index is 675. The van der Waals surface area contributed by atoms with E-state index < -0.39 is 0 Å². The van der Waals surface area contributed by atoms with Gasteiger partial charge in [0.15, 0.2) is 0 Å². The van der Waals surface area contributed by atoms with Gasteiger partial charge in [-0.3, -0.25) is 4.79 Å². The Balaban J connectivity index is 2.22. The van der Waals surface area contributed by atoms with E-state index in [0.29, 0.717) is 22.7 Å². The molecule has 1 amide bonds. The van der Waals surface area contributed by atoms with Crippen molar-refractivity contribution in [3.8, 4) is 17.6 Å². The Labute approximate surface area is 125 Å². The molecule has 108 valence electrons. The molecule has 0 saturated heterocycles. The molecule has 0 aliphatic heterocycles. The summed E-state index contributed by atoms with van der Waals surface area (Å²) in [5, 5.41) is 15.1. The zero-order valence-electron chi connectivity index (χ0n) is 11.3. The van der Waals surface area contributed by atoms with Crippen molar-refractivity contribution in [2.75, 3.05) is 19.0 Å². The fourth-order valence-electron chi connectivity index (χ4n) is 1.56. The van der Waals surface area contributed by atoms with E-state index in [4.69, 9.17) is 9.84 Å². The molecule has 1 aromatic carbocycles. The number of nitrogens with one attached hydrogen (secondary N) is 1. The summed E-state index contributed by atoms with van der Waals surface area (Å²) in [5.41, 5.74) is 1.24. The predicted molar refractivity (Wildman–Crippen MR) is 79.4 cm³/mol. The minimum Gasteiger partial charge on any atom is -0.495 e. The van der Waals surface area contributed by atoms with Crippen molar-refractivity contribution in [2.24, 2.45) is 0 Å². The second-order valence-electron chi connectivity index (χ2n) is 3.93. The summed E-state index contributed by atoms with van der Waals surface area (Å²) < 4.78 is 8.86. The summed E-state index contributed by atoms with van der Waals surface area (Å²) in [7, 11) is 1.52. The first-order chi connectivity index (χ1) is 10.2. The van der Waals surface area contributed by atoms with E-state index in [9.17, 15) is 4.79 Å². The first-order valence-corrected chi connectivity index (χ1v) is 6.88. The van der Waals surface area contributed by atoms with Crippen molar-refractivity contribution < 1.29 is 14.6 Å². The van der Waals surface area contributed by atoms with Gasteiger partial charge in [-0.15, -0.1) is 5.10 Å². The van der Waals surface area contributed by atoms with Crippen molar-refractivity contribution in [1.82, 2.24) is 9.59 Å². The molecule has 0 bridgehead atoms. The molecule has 1 heterocycles. The number of amides is 1. The summed E-state index contributed by atoms with van der Waals surface area (Å²) >= 11 is 1.02. The molecule has 0 unspecified atom stereocenters. The normalized spacial score (nSPS) is 9.62. The molecular formula is C14H13N3O3S. The van der Waals surface area contributed by atoms with Crippen LogP contribution in [0, 0.1) is 11.8 Å². The lowest BCUT2D eigenvalue weighted by Crippen LogP contribution is -2.11. The van der Waals surface area contributed by atoms with Gasteiger partial charge in [0.05, 0.1) is 25.6 Å². The Hall–Kier alpha value is -2.43. The van der Waals surface area contributed by atoms with Gasteiger partial charge < -0.3 is 15.2 Å². The number of ether oxygens (including phenoxy) is 1. The maximum Gasteiger partial charge on any atom is 0.269 e. The van der Waals surface area contributed by atoms with Crippen LogP contribution in [-0.2, 0) is 0 Å². The van der Waals surface area contributed by atoms with Crippen LogP contribution in [0.1, 0.15) is 21.7 Å². The lowest BCUT2D eigenvalue weighted by molar-refractivity contribution is 0.103. The molecule has 0 spiro atoms. The van der Waals surface area contributed by atoms with E-state index in [1.165, 1.54) is 13.3 Å². The van der Waals surface area contributed by atoms with E-state index in [-0.39, 0.29) is 12.5 Å². The highest BCUT2D eigenvalue weighted by Crippen LogP contribution is 2.26. The molecule has 1 aromatic heterocycles. The third-order valence-electron chi connectivity index (χ3n) is 2.50. The summed E-state index contributed by atoms with van der Waals surface area (Å²) in [6.07, 6.45) is 1.80. The van der Waals surface area contributed by atoms with Crippen LogP contribution in [0.5, 0.6) is 5.75 Å². The van der Waals surface area contributed by atoms with Crippen LogP contribution >= 0.6 is 11.5 Å². The molecule has 2 aromatic rings. The molecule has 6 nitrogen and oxygen atoms in total. The number of aliphatic hydroxyl groups excluding tert-OH is 1. The fourth-order valence-corrected chi connectivity index (χ4v) is 1.97. The zero-order valence-corrected chi connectivity index (χ0v) is 12.1. The van der Waals surface area contributed by atoms with Gasteiger partial charge in [0, 0.05) is 12.0 Å². The van der Waals surface area contributed by atoms with Crippen LogP contribution in [0.25, 0.3) is 0 Å². The lowest BCUT2D eigenvalue weighted by atomic mass is 10.2. The van der Waals surface area contributed by atoms with Crippen LogP contribution in [0.4, 0.5) is 5.69 Å². The van der Waals surface area contributed by atoms with E-state index in [2.05, 4.69) is 26.7 Å². The second-order valence-corrected chi connectivity index (χ2v) is 4.71. The van der Waals surface area contributed by atoms with E-state index in [0.717, 1.165) is 17.1 Å². The van der Waals surface area contributed by atoms with Crippen molar-refractivity contribution in [1.29, 1.82) is 0 Å².